The van der Waals surface area contributed by atoms with Gasteiger partial charge in [-0.15, -0.1) is 0 Å². The van der Waals surface area contributed by atoms with Crippen LogP contribution in [-0.4, -0.2) is 39.0 Å². The minimum atomic E-state index is -0.744. The smallest absolute Gasteiger partial charge is 0.340 e. The number of amides is 1. The third kappa shape index (κ3) is 2.10. The van der Waals surface area contributed by atoms with Crippen LogP contribution in [0.1, 0.15) is 22.3 Å². The van der Waals surface area contributed by atoms with Crippen molar-refractivity contribution in [3.05, 3.63) is 46.5 Å². The van der Waals surface area contributed by atoms with Gasteiger partial charge in [0.2, 0.25) is 0 Å². The van der Waals surface area contributed by atoms with E-state index in [-0.39, 0.29) is 17.4 Å². The molecule has 2 N–H and O–H groups in total. The van der Waals surface area contributed by atoms with Crippen molar-refractivity contribution in [1.82, 2.24) is 14.9 Å². The van der Waals surface area contributed by atoms with E-state index in [1.54, 1.807) is 12.4 Å². The number of carbonyl (C=O) groups excluding carboxylic acids is 1. The summed E-state index contributed by atoms with van der Waals surface area (Å²) in [7, 11) is 0. The fourth-order valence-electron chi connectivity index (χ4n) is 2.04. The molecule has 3 heterocycles. The maximum Gasteiger partial charge on any atom is 0.340 e. The van der Waals surface area contributed by atoms with E-state index >= 15 is 0 Å². The molecule has 0 saturated carbocycles. The predicted molar refractivity (Wildman–Crippen MR) is 63.9 cm³/mol. The highest BCUT2D eigenvalue weighted by molar-refractivity contribution is 5.92. The summed E-state index contributed by atoms with van der Waals surface area (Å²) in [6, 6.07) is 2.06. The van der Waals surface area contributed by atoms with Crippen molar-refractivity contribution in [2.24, 2.45) is 0 Å². The summed E-state index contributed by atoms with van der Waals surface area (Å²) in [5.74, 6) is 0.172. The lowest BCUT2D eigenvalue weighted by Gasteiger charge is -2.37. The molecule has 1 fully saturated rings. The minimum absolute atomic E-state index is 0.150. The Morgan fingerprint density at radius 2 is 2.26 bits per heavy atom. The Labute approximate surface area is 107 Å². The molecule has 1 aliphatic rings. The average Bonchev–Trinajstić information content (AvgIpc) is 2.79. The molecule has 98 valence electrons. The fourth-order valence-corrected chi connectivity index (χ4v) is 2.04. The van der Waals surface area contributed by atoms with Gasteiger partial charge in [-0.25, -0.2) is 9.78 Å². The van der Waals surface area contributed by atoms with Crippen molar-refractivity contribution >= 4 is 5.91 Å². The molecule has 0 radical (unpaired) electrons. The molecule has 7 heteroatoms. The zero-order valence-electron chi connectivity index (χ0n) is 9.87. The number of likely N-dealkylation sites (tertiary alicyclic amines) is 1. The van der Waals surface area contributed by atoms with Crippen LogP contribution >= 0.6 is 0 Å². The topological polar surface area (TPSA) is 99.4 Å². The van der Waals surface area contributed by atoms with Crippen LogP contribution in [0.5, 0.6) is 5.75 Å². The monoisotopic (exact) mass is 261 g/mol. The van der Waals surface area contributed by atoms with E-state index in [2.05, 4.69) is 9.97 Å². The Bertz CT molecular complexity index is 656. The number of imidazole rings is 1. The molecule has 2 aromatic rings. The van der Waals surface area contributed by atoms with Crippen molar-refractivity contribution in [2.75, 3.05) is 13.1 Å². The van der Waals surface area contributed by atoms with Crippen LogP contribution in [-0.2, 0) is 0 Å². The first-order chi connectivity index (χ1) is 9.13. The van der Waals surface area contributed by atoms with Crippen molar-refractivity contribution in [2.45, 2.75) is 5.92 Å². The van der Waals surface area contributed by atoms with Gasteiger partial charge in [0.15, 0.2) is 5.76 Å². The summed E-state index contributed by atoms with van der Waals surface area (Å²) in [5, 5.41) is 9.27. The quantitative estimate of drug-likeness (QED) is 0.810. The zero-order chi connectivity index (χ0) is 13.4. The van der Waals surface area contributed by atoms with Crippen LogP contribution in [0.15, 0.2) is 33.7 Å². The summed E-state index contributed by atoms with van der Waals surface area (Å²) < 4.78 is 4.77. The van der Waals surface area contributed by atoms with Gasteiger partial charge in [-0.05, 0) is 0 Å². The van der Waals surface area contributed by atoms with E-state index in [1.807, 2.05) is 0 Å². The maximum absolute atomic E-state index is 12.0. The molecular formula is C12H11N3O4. The third-order valence-corrected chi connectivity index (χ3v) is 3.04. The highest BCUT2D eigenvalue weighted by Gasteiger charge is 2.34. The number of nitrogens with one attached hydrogen (secondary N) is 1. The highest BCUT2D eigenvalue weighted by Crippen LogP contribution is 2.26. The normalized spacial score (nSPS) is 15.3. The van der Waals surface area contributed by atoms with Gasteiger partial charge in [0.25, 0.3) is 5.91 Å². The number of carbonyl (C=O) groups is 1. The van der Waals surface area contributed by atoms with Crippen LogP contribution in [0, 0.1) is 0 Å². The Balaban J connectivity index is 1.71. The molecule has 7 nitrogen and oxygen atoms in total. The number of nitrogens with zero attached hydrogens (tertiary/aromatic N) is 2. The van der Waals surface area contributed by atoms with E-state index in [9.17, 15) is 14.7 Å². The molecule has 2 aromatic heterocycles. The second-order valence-corrected chi connectivity index (χ2v) is 4.38. The lowest BCUT2D eigenvalue weighted by atomic mass is 9.99. The molecule has 0 aliphatic carbocycles. The first kappa shape index (κ1) is 11.5. The largest absolute Gasteiger partial charge is 0.508 e. The first-order valence-corrected chi connectivity index (χ1v) is 5.76. The van der Waals surface area contributed by atoms with Crippen LogP contribution < -0.4 is 5.63 Å². The van der Waals surface area contributed by atoms with Crippen LogP contribution in [0.3, 0.4) is 0 Å². The number of H-pyrrole nitrogens is 1. The van der Waals surface area contributed by atoms with Gasteiger partial charge in [0, 0.05) is 31.5 Å². The molecule has 19 heavy (non-hydrogen) atoms. The van der Waals surface area contributed by atoms with Crippen LogP contribution in [0.25, 0.3) is 0 Å². The van der Waals surface area contributed by atoms with E-state index in [1.165, 1.54) is 4.90 Å². The highest BCUT2D eigenvalue weighted by atomic mass is 16.4. The number of hydrogen-bond acceptors (Lipinski definition) is 5. The second kappa shape index (κ2) is 4.27. The summed E-state index contributed by atoms with van der Waals surface area (Å²) in [4.78, 5) is 31.7. The first-order valence-electron chi connectivity index (χ1n) is 5.76. The summed E-state index contributed by atoms with van der Waals surface area (Å²) in [6.07, 6.45) is 3.39. The van der Waals surface area contributed by atoms with Gasteiger partial charge in [-0.3, -0.25) is 4.79 Å². The van der Waals surface area contributed by atoms with Crippen molar-refractivity contribution in [1.29, 1.82) is 0 Å². The van der Waals surface area contributed by atoms with Gasteiger partial charge in [0.1, 0.15) is 11.6 Å². The SMILES string of the molecule is O=C(c1cc(O)cc(=O)o1)N1CC(c2ncc[nH]2)C1. The summed E-state index contributed by atoms with van der Waals surface area (Å²) >= 11 is 0. The average molecular weight is 261 g/mol. The van der Waals surface area contributed by atoms with Crippen LogP contribution in [0.4, 0.5) is 0 Å². The summed E-state index contributed by atoms with van der Waals surface area (Å²) in [5.41, 5.74) is -0.744. The number of rotatable bonds is 2. The lowest BCUT2D eigenvalue weighted by molar-refractivity contribution is 0.0556. The Kier molecular flexibility index (Phi) is 2.59. The molecule has 1 amide bonds. The Morgan fingerprint density at radius 1 is 1.47 bits per heavy atom. The van der Waals surface area contributed by atoms with Crippen molar-refractivity contribution in [3.8, 4) is 5.75 Å². The van der Waals surface area contributed by atoms with E-state index in [0.717, 1.165) is 18.0 Å². The van der Waals surface area contributed by atoms with Gasteiger partial charge in [-0.2, -0.15) is 0 Å². The molecule has 1 aliphatic heterocycles. The molecular weight excluding hydrogens is 250 g/mol. The molecule has 0 bridgehead atoms. The van der Waals surface area contributed by atoms with Gasteiger partial charge in [0.05, 0.1) is 12.0 Å². The molecule has 0 spiro atoms. The summed E-state index contributed by atoms with van der Waals surface area (Å²) in [6.45, 7) is 1.01. The number of hydrogen-bond donors (Lipinski definition) is 2. The number of aromatic hydroxyl groups is 1. The molecule has 0 unspecified atom stereocenters. The third-order valence-electron chi connectivity index (χ3n) is 3.04. The van der Waals surface area contributed by atoms with E-state index in [4.69, 9.17) is 4.42 Å². The van der Waals surface area contributed by atoms with Crippen LogP contribution in [0.2, 0.25) is 0 Å². The lowest BCUT2D eigenvalue weighted by Crippen LogP contribution is -2.48. The Hall–Kier alpha value is -2.57. The Morgan fingerprint density at radius 3 is 2.89 bits per heavy atom. The number of aromatic amines is 1. The van der Waals surface area contributed by atoms with E-state index in [0.29, 0.717) is 13.1 Å². The van der Waals surface area contributed by atoms with Gasteiger partial charge in [-0.1, -0.05) is 0 Å². The van der Waals surface area contributed by atoms with E-state index < -0.39 is 11.5 Å². The maximum atomic E-state index is 12.0. The van der Waals surface area contributed by atoms with Crippen molar-refractivity contribution in [3.63, 3.8) is 0 Å². The standard InChI is InChI=1S/C12H11N3O4/c16-8-3-9(19-10(17)4-8)12(18)15-5-7(6-15)11-13-1-2-14-11/h1-4,7,16H,5-6H2,(H,13,14). The fraction of sp³-hybridized carbons (Fsp3) is 0.250. The zero-order valence-corrected chi connectivity index (χ0v) is 9.87. The van der Waals surface area contributed by atoms with Gasteiger partial charge >= 0.3 is 5.63 Å². The van der Waals surface area contributed by atoms with Gasteiger partial charge < -0.3 is 19.4 Å². The predicted octanol–water partition coefficient (Wildman–Crippen LogP) is 0.308. The second-order valence-electron chi connectivity index (χ2n) is 4.38. The molecule has 1 saturated heterocycles. The van der Waals surface area contributed by atoms with Crippen molar-refractivity contribution < 1.29 is 14.3 Å². The molecule has 0 aromatic carbocycles. The molecule has 3 rings (SSSR count). The minimum Gasteiger partial charge on any atom is -0.508 e. The number of aromatic nitrogens is 2. The molecule has 0 atom stereocenters.